The summed E-state index contributed by atoms with van der Waals surface area (Å²) in [4.78, 5) is 28.5. The molecule has 1 aliphatic heterocycles. The molecule has 0 aromatic heterocycles. The van der Waals surface area contributed by atoms with Gasteiger partial charge in [0.15, 0.2) is 11.6 Å². The van der Waals surface area contributed by atoms with Gasteiger partial charge in [0.1, 0.15) is 5.82 Å². The number of carbonyl (C=O) groups excluding carboxylic acids is 2. The largest absolute Gasteiger partial charge is 0.494 e. The quantitative estimate of drug-likeness (QED) is 0.640. The molecule has 2 aromatic rings. The lowest BCUT2D eigenvalue weighted by Crippen LogP contribution is -2.48. The molecule has 31 heavy (non-hydrogen) atoms. The Morgan fingerprint density at radius 3 is 2.52 bits per heavy atom. The molecule has 1 saturated heterocycles. The number of ether oxygens (including phenoxy) is 1. The minimum Gasteiger partial charge on any atom is -0.494 e. The number of carbonyl (C=O) groups is 2. The number of nitrogens with zero attached hydrogens (tertiary/aromatic N) is 2. The van der Waals surface area contributed by atoms with E-state index >= 15 is 0 Å². The number of halogens is 3. The minimum atomic E-state index is -0.500. The maximum atomic E-state index is 13.9. The molecule has 1 aliphatic rings. The van der Waals surface area contributed by atoms with Gasteiger partial charge in [-0.1, -0.05) is 6.07 Å². The zero-order valence-electron chi connectivity index (χ0n) is 17.2. The van der Waals surface area contributed by atoms with E-state index in [1.54, 1.807) is 11.0 Å². The van der Waals surface area contributed by atoms with E-state index in [4.69, 9.17) is 4.74 Å². The van der Waals surface area contributed by atoms with Crippen LogP contribution in [-0.4, -0.2) is 61.4 Å². The Morgan fingerprint density at radius 1 is 1.10 bits per heavy atom. The average molecular weight is 496 g/mol. The van der Waals surface area contributed by atoms with Gasteiger partial charge in [0.05, 0.1) is 12.7 Å². The normalized spacial score (nSPS) is 14.4. The Balaban J connectivity index is 1.41. The number of benzene rings is 2. The standard InChI is InChI=1S/C22H24BrF2N3O3/c1-31-20-5-2-15(12-19(20)25)14-27-8-10-28(11-9-27)21(29)6-7-26-22(30)17-13-16(24)3-4-18(17)23/h2-5,12-13H,6-11,14H2,1H3,(H,26,30). The fraction of sp³-hybridized carbons (Fsp3) is 0.364. The Kier molecular flexibility index (Phi) is 7.97. The van der Waals surface area contributed by atoms with Crippen LogP contribution in [-0.2, 0) is 11.3 Å². The van der Waals surface area contributed by atoms with E-state index in [9.17, 15) is 18.4 Å². The summed E-state index contributed by atoms with van der Waals surface area (Å²) in [7, 11) is 1.43. The van der Waals surface area contributed by atoms with Crippen molar-refractivity contribution in [3.8, 4) is 5.75 Å². The first kappa shape index (κ1) is 23.1. The van der Waals surface area contributed by atoms with Gasteiger partial charge in [-0.2, -0.15) is 0 Å². The third-order valence-electron chi connectivity index (χ3n) is 5.14. The molecule has 0 aliphatic carbocycles. The molecular formula is C22H24BrF2N3O3. The average Bonchev–Trinajstić information content (AvgIpc) is 2.76. The van der Waals surface area contributed by atoms with Crippen LogP contribution in [0, 0.1) is 11.6 Å². The highest BCUT2D eigenvalue weighted by Crippen LogP contribution is 2.20. The predicted molar refractivity (Wildman–Crippen MR) is 116 cm³/mol. The zero-order valence-corrected chi connectivity index (χ0v) is 18.8. The lowest BCUT2D eigenvalue weighted by atomic mass is 10.1. The Labute approximate surface area is 188 Å². The predicted octanol–water partition coefficient (Wildman–Crippen LogP) is 3.20. The molecule has 0 unspecified atom stereocenters. The molecule has 3 rings (SSSR count). The third kappa shape index (κ3) is 6.24. The summed E-state index contributed by atoms with van der Waals surface area (Å²) >= 11 is 3.22. The number of nitrogens with one attached hydrogen (secondary N) is 1. The van der Waals surface area contributed by atoms with Gasteiger partial charge >= 0.3 is 0 Å². The summed E-state index contributed by atoms with van der Waals surface area (Å²) < 4.78 is 32.6. The number of piperazine rings is 1. The van der Waals surface area contributed by atoms with E-state index in [1.807, 2.05) is 6.07 Å². The van der Waals surface area contributed by atoms with Crippen LogP contribution in [0.25, 0.3) is 0 Å². The molecule has 2 amide bonds. The number of hydrogen-bond acceptors (Lipinski definition) is 4. The number of methoxy groups -OCH3 is 1. The first-order valence-corrected chi connectivity index (χ1v) is 10.7. The van der Waals surface area contributed by atoms with E-state index in [0.717, 1.165) is 11.6 Å². The molecule has 1 heterocycles. The topological polar surface area (TPSA) is 61.9 Å². The summed E-state index contributed by atoms with van der Waals surface area (Å²) in [5, 5.41) is 2.65. The van der Waals surface area contributed by atoms with Crippen LogP contribution in [0.5, 0.6) is 5.75 Å². The lowest BCUT2D eigenvalue weighted by molar-refractivity contribution is -0.132. The molecule has 0 spiro atoms. The Bertz CT molecular complexity index is 950. The number of rotatable bonds is 7. The van der Waals surface area contributed by atoms with Crippen molar-refractivity contribution in [3.63, 3.8) is 0 Å². The van der Waals surface area contributed by atoms with Crippen molar-refractivity contribution in [3.05, 3.63) is 63.6 Å². The third-order valence-corrected chi connectivity index (χ3v) is 5.84. The van der Waals surface area contributed by atoms with Crippen molar-refractivity contribution < 1.29 is 23.1 Å². The van der Waals surface area contributed by atoms with Crippen LogP contribution in [0.15, 0.2) is 40.9 Å². The lowest BCUT2D eigenvalue weighted by Gasteiger charge is -2.34. The highest BCUT2D eigenvalue weighted by Gasteiger charge is 2.21. The van der Waals surface area contributed by atoms with Gasteiger partial charge in [0, 0.05) is 50.2 Å². The molecule has 6 nitrogen and oxygen atoms in total. The molecule has 166 valence electrons. The highest BCUT2D eigenvalue weighted by atomic mass is 79.9. The number of hydrogen-bond donors (Lipinski definition) is 1. The second-order valence-electron chi connectivity index (χ2n) is 7.26. The van der Waals surface area contributed by atoms with Crippen molar-refractivity contribution in [1.82, 2.24) is 15.1 Å². The second kappa shape index (κ2) is 10.7. The SMILES string of the molecule is COc1ccc(CN2CCN(C(=O)CCNC(=O)c3cc(F)ccc3Br)CC2)cc1F. The first-order valence-electron chi connectivity index (χ1n) is 9.93. The molecule has 9 heteroatoms. The smallest absolute Gasteiger partial charge is 0.252 e. The fourth-order valence-electron chi connectivity index (χ4n) is 3.43. The summed E-state index contributed by atoms with van der Waals surface area (Å²) in [6.07, 6.45) is 0.169. The van der Waals surface area contributed by atoms with Gasteiger partial charge in [-0.25, -0.2) is 8.78 Å². The molecule has 1 fully saturated rings. The summed E-state index contributed by atoms with van der Waals surface area (Å²) in [5.74, 6) is -1.15. The Morgan fingerprint density at radius 2 is 1.84 bits per heavy atom. The zero-order chi connectivity index (χ0) is 22.4. The van der Waals surface area contributed by atoms with Crippen LogP contribution >= 0.6 is 15.9 Å². The molecule has 0 bridgehead atoms. The monoisotopic (exact) mass is 495 g/mol. The van der Waals surface area contributed by atoms with E-state index in [2.05, 4.69) is 26.1 Å². The van der Waals surface area contributed by atoms with Crippen molar-refractivity contribution in [2.45, 2.75) is 13.0 Å². The fourth-order valence-corrected chi connectivity index (χ4v) is 3.86. The van der Waals surface area contributed by atoms with Crippen LogP contribution in [0.2, 0.25) is 0 Å². The second-order valence-corrected chi connectivity index (χ2v) is 8.11. The van der Waals surface area contributed by atoms with E-state index < -0.39 is 11.7 Å². The maximum Gasteiger partial charge on any atom is 0.252 e. The molecular weight excluding hydrogens is 472 g/mol. The maximum absolute atomic E-state index is 13.9. The van der Waals surface area contributed by atoms with Crippen molar-refractivity contribution in [1.29, 1.82) is 0 Å². The van der Waals surface area contributed by atoms with E-state index in [0.29, 0.717) is 37.2 Å². The first-order chi connectivity index (χ1) is 14.9. The van der Waals surface area contributed by atoms with Crippen LogP contribution in [0.4, 0.5) is 8.78 Å². The van der Waals surface area contributed by atoms with Gasteiger partial charge in [-0.05, 0) is 51.8 Å². The van der Waals surface area contributed by atoms with Gasteiger partial charge in [-0.3, -0.25) is 14.5 Å². The van der Waals surface area contributed by atoms with Gasteiger partial charge in [0.25, 0.3) is 5.91 Å². The minimum absolute atomic E-state index is 0.0475. The molecule has 2 aromatic carbocycles. The van der Waals surface area contributed by atoms with Crippen molar-refractivity contribution >= 4 is 27.7 Å². The van der Waals surface area contributed by atoms with Gasteiger partial charge in [-0.15, -0.1) is 0 Å². The molecule has 0 radical (unpaired) electrons. The van der Waals surface area contributed by atoms with E-state index in [-0.39, 0.29) is 36.0 Å². The van der Waals surface area contributed by atoms with Gasteiger partial charge in [0.2, 0.25) is 5.91 Å². The number of amides is 2. The van der Waals surface area contributed by atoms with Crippen LogP contribution < -0.4 is 10.1 Å². The summed E-state index contributed by atoms with van der Waals surface area (Å²) in [6, 6.07) is 8.79. The van der Waals surface area contributed by atoms with Gasteiger partial charge < -0.3 is 15.0 Å². The van der Waals surface area contributed by atoms with Crippen molar-refractivity contribution in [2.75, 3.05) is 39.8 Å². The molecule has 0 saturated carbocycles. The Hall–Kier alpha value is -2.52. The molecule has 0 atom stereocenters. The van der Waals surface area contributed by atoms with Crippen LogP contribution in [0.1, 0.15) is 22.3 Å². The van der Waals surface area contributed by atoms with Crippen LogP contribution in [0.3, 0.4) is 0 Å². The van der Waals surface area contributed by atoms with E-state index in [1.165, 1.54) is 25.3 Å². The van der Waals surface area contributed by atoms with Crippen molar-refractivity contribution in [2.24, 2.45) is 0 Å². The summed E-state index contributed by atoms with van der Waals surface area (Å²) in [5.41, 5.74) is 1.04. The molecule has 1 N–H and O–H groups in total. The highest BCUT2D eigenvalue weighted by molar-refractivity contribution is 9.10. The summed E-state index contributed by atoms with van der Waals surface area (Å²) in [6.45, 7) is 3.28.